The maximum Gasteiger partial charge on any atom is 0.297 e. The highest BCUT2D eigenvalue weighted by Crippen LogP contribution is 2.17. The van der Waals surface area contributed by atoms with E-state index in [2.05, 4.69) is 0 Å². The molecule has 3 aromatic carbocycles. The van der Waals surface area contributed by atoms with Gasteiger partial charge in [0.15, 0.2) is 0 Å². The Morgan fingerprint density at radius 2 is 1.06 bits per heavy atom. The van der Waals surface area contributed by atoms with Crippen molar-refractivity contribution in [1.82, 2.24) is 0 Å². The van der Waals surface area contributed by atoms with Gasteiger partial charge in [0.1, 0.15) is 6.10 Å². The van der Waals surface area contributed by atoms with Crippen LogP contribution in [0.4, 0.5) is 0 Å². The number of aryl methyl sites for hydroxylation is 2. The Balaban J connectivity index is 1.70. The van der Waals surface area contributed by atoms with Gasteiger partial charge >= 0.3 is 0 Å². The molecule has 0 aliphatic rings. The third-order valence-corrected chi connectivity index (χ3v) is 7.36. The van der Waals surface area contributed by atoms with Crippen molar-refractivity contribution < 1.29 is 29.9 Å². The van der Waals surface area contributed by atoms with Gasteiger partial charge < -0.3 is 4.74 Å². The second-order valence-corrected chi connectivity index (χ2v) is 10.8. The molecule has 0 atom stereocenters. The van der Waals surface area contributed by atoms with E-state index in [1.54, 1.807) is 24.3 Å². The van der Waals surface area contributed by atoms with E-state index in [-0.39, 0.29) is 16.4 Å². The zero-order valence-corrected chi connectivity index (χ0v) is 20.0. The molecule has 0 spiro atoms. The monoisotopic (exact) mass is 490 g/mol. The SMILES string of the molecule is Cc1ccc(S(=O)(=O)OCC(COS(=O)(=O)c2ccc(C)cc2)OCc2ccccc2)cc1. The van der Waals surface area contributed by atoms with E-state index < -0.39 is 39.6 Å². The highest BCUT2D eigenvalue weighted by atomic mass is 32.2. The van der Waals surface area contributed by atoms with Crippen molar-refractivity contribution >= 4 is 20.2 Å². The van der Waals surface area contributed by atoms with Crippen molar-refractivity contribution in [2.45, 2.75) is 36.3 Å². The first-order valence-corrected chi connectivity index (χ1v) is 13.0. The standard InChI is InChI=1S/C24H26O7S2/c1-19-8-12-23(13-9-19)32(25,26)30-17-22(29-16-21-6-4-3-5-7-21)18-31-33(27,28)24-14-10-20(2)11-15-24/h3-15,22H,16-18H2,1-2H3. The summed E-state index contributed by atoms with van der Waals surface area (Å²) in [4.78, 5) is 0.00575. The maximum absolute atomic E-state index is 12.5. The van der Waals surface area contributed by atoms with Gasteiger partial charge in [0, 0.05) is 0 Å². The van der Waals surface area contributed by atoms with Gasteiger partial charge in [0.05, 0.1) is 29.6 Å². The van der Waals surface area contributed by atoms with Crippen LogP contribution in [0.3, 0.4) is 0 Å². The molecule has 0 unspecified atom stereocenters. The molecule has 0 aliphatic heterocycles. The van der Waals surface area contributed by atoms with E-state index in [0.717, 1.165) is 16.7 Å². The fourth-order valence-corrected chi connectivity index (χ4v) is 4.68. The third-order valence-electron chi connectivity index (χ3n) is 4.77. The quantitative estimate of drug-likeness (QED) is 0.375. The summed E-state index contributed by atoms with van der Waals surface area (Å²) >= 11 is 0. The van der Waals surface area contributed by atoms with Crippen molar-refractivity contribution in [3.8, 4) is 0 Å². The van der Waals surface area contributed by atoms with E-state index in [4.69, 9.17) is 13.1 Å². The smallest absolute Gasteiger partial charge is 0.297 e. The molecule has 0 aliphatic carbocycles. The van der Waals surface area contributed by atoms with Crippen LogP contribution < -0.4 is 0 Å². The zero-order chi connectivity index (χ0) is 23.9. The summed E-state index contributed by atoms with van der Waals surface area (Å²) in [5.74, 6) is 0. The van der Waals surface area contributed by atoms with Crippen LogP contribution in [0.5, 0.6) is 0 Å². The molecule has 3 aromatic rings. The number of ether oxygens (including phenoxy) is 1. The Labute approximate surface area is 195 Å². The predicted molar refractivity (Wildman–Crippen MR) is 124 cm³/mol. The van der Waals surface area contributed by atoms with E-state index in [1.807, 2.05) is 44.2 Å². The summed E-state index contributed by atoms with van der Waals surface area (Å²) in [6, 6.07) is 21.7. The van der Waals surface area contributed by atoms with Crippen LogP contribution in [-0.2, 0) is 39.9 Å². The number of benzene rings is 3. The normalized spacial score (nSPS) is 12.2. The van der Waals surface area contributed by atoms with Crippen LogP contribution in [0.1, 0.15) is 16.7 Å². The summed E-state index contributed by atoms with van der Waals surface area (Å²) in [5.41, 5.74) is 2.66. The molecule has 3 rings (SSSR count). The summed E-state index contributed by atoms with van der Waals surface area (Å²) < 4.78 is 66.2. The van der Waals surface area contributed by atoms with Gasteiger partial charge in [-0.3, -0.25) is 8.37 Å². The fourth-order valence-electron chi connectivity index (χ4n) is 2.81. The molecule has 33 heavy (non-hydrogen) atoms. The maximum atomic E-state index is 12.5. The molecule has 0 saturated heterocycles. The molecule has 0 bridgehead atoms. The van der Waals surface area contributed by atoms with Crippen LogP contribution in [0.2, 0.25) is 0 Å². The first-order valence-electron chi connectivity index (χ1n) is 10.2. The minimum atomic E-state index is -4.05. The van der Waals surface area contributed by atoms with E-state index >= 15 is 0 Å². The molecular weight excluding hydrogens is 464 g/mol. The highest BCUT2D eigenvalue weighted by molar-refractivity contribution is 7.87. The fraction of sp³-hybridized carbons (Fsp3) is 0.250. The number of hydrogen-bond donors (Lipinski definition) is 0. The minimum absolute atomic E-state index is 0.00287. The lowest BCUT2D eigenvalue weighted by Crippen LogP contribution is -2.28. The Bertz CT molecular complexity index is 1160. The second-order valence-electron chi connectivity index (χ2n) is 7.52. The zero-order valence-electron chi connectivity index (χ0n) is 18.4. The van der Waals surface area contributed by atoms with Crippen molar-refractivity contribution in [1.29, 1.82) is 0 Å². The molecular formula is C24H26O7S2. The first-order chi connectivity index (χ1) is 15.7. The van der Waals surface area contributed by atoms with Crippen LogP contribution in [0.15, 0.2) is 88.7 Å². The Morgan fingerprint density at radius 3 is 1.48 bits per heavy atom. The molecule has 0 radical (unpaired) electrons. The average Bonchev–Trinajstić information content (AvgIpc) is 2.80. The Kier molecular flexibility index (Phi) is 8.39. The van der Waals surface area contributed by atoms with Gasteiger partial charge in [0.2, 0.25) is 0 Å². The summed E-state index contributed by atoms with van der Waals surface area (Å²) in [6.07, 6.45) is -0.953. The molecule has 0 N–H and O–H groups in total. The summed E-state index contributed by atoms with van der Waals surface area (Å²) in [5, 5.41) is 0. The van der Waals surface area contributed by atoms with Crippen molar-refractivity contribution in [3.63, 3.8) is 0 Å². The van der Waals surface area contributed by atoms with Gasteiger partial charge in [0.25, 0.3) is 20.2 Å². The van der Waals surface area contributed by atoms with Crippen LogP contribution in [0, 0.1) is 13.8 Å². The first kappa shape index (κ1) is 25.1. The lowest BCUT2D eigenvalue weighted by Gasteiger charge is -2.18. The van der Waals surface area contributed by atoms with Crippen LogP contribution >= 0.6 is 0 Å². The molecule has 176 valence electrons. The van der Waals surface area contributed by atoms with Crippen molar-refractivity contribution in [2.75, 3.05) is 13.2 Å². The predicted octanol–water partition coefficient (Wildman–Crippen LogP) is 4.00. The Morgan fingerprint density at radius 1 is 0.636 bits per heavy atom. The lowest BCUT2D eigenvalue weighted by atomic mass is 10.2. The van der Waals surface area contributed by atoms with Gasteiger partial charge in [-0.1, -0.05) is 65.7 Å². The molecule has 0 aromatic heterocycles. The van der Waals surface area contributed by atoms with Gasteiger partial charge in [-0.25, -0.2) is 0 Å². The van der Waals surface area contributed by atoms with Gasteiger partial charge in [-0.05, 0) is 43.7 Å². The van der Waals surface area contributed by atoms with E-state index in [0.29, 0.717) is 0 Å². The molecule has 0 amide bonds. The van der Waals surface area contributed by atoms with Crippen molar-refractivity contribution in [2.24, 2.45) is 0 Å². The number of hydrogen-bond acceptors (Lipinski definition) is 7. The van der Waals surface area contributed by atoms with E-state index in [9.17, 15) is 16.8 Å². The molecule has 0 saturated carbocycles. The molecule has 0 heterocycles. The third kappa shape index (κ3) is 7.48. The van der Waals surface area contributed by atoms with Crippen LogP contribution in [-0.4, -0.2) is 36.2 Å². The van der Waals surface area contributed by atoms with Crippen molar-refractivity contribution in [3.05, 3.63) is 95.6 Å². The van der Waals surface area contributed by atoms with Crippen LogP contribution in [0.25, 0.3) is 0 Å². The summed E-state index contributed by atoms with van der Waals surface area (Å²) in [6.45, 7) is 3.00. The van der Waals surface area contributed by atoms with E-state index in [1.165, 1.54) is 24.3 Å². The minimum Gasteiger partial charge on any atom is -0.369 e. The number of rotatable bonds is 11. The van der Waals surface area contributed by atoms with Gasteiger partial charge in [-0.2, -0.15) is 16.8 Å². The topological polar surface area (TPSA) is 96.0 Å². The summed E-state index contributed by atoms with van der Waals surface area (Å²) in [7, 11) is -8.10. The molecule has 7 nitrogen and oxygen atoms in total. The second kappa shape index (κ2) is 11.0. The largest absolute Gasteiger partial charge is 0.369 e. The van der Waals surface area contributed by atoms with Gasteiger partial charge in [-0.15, -0.1) is 0 Å². The highest BCUT2D eigenvalue weighted by Gasteiger charge is 2.23. The average molecular weight is 491 g/mol. The Hall–Kier alpha value is -2.56. The molecule has 0 fully saturated rings. The molecule has 9 heteroatoms. The lowest BCUT2D eigenvalue weighted by molar-refractivity contribution is -0.0141.